The molecular formula is C45H44GeIrN4O-2. The van der Waals surface area contributed by atoms with Gasteiger partial charge in [-0.05, 0) is 35.1 Å². The SMILES string of the molecule is CC(C)c1cccc(C(C)C)c1-n1c(-c2[c-]cccc2)nc2ccccc21.Cc1ccc2c(n1)oc1c(-c3cc[c]([Ge]([CH3])([CH3])[CH3])cn3)[c-]ccc12.[Ir]. The Kier molecular flexibility index (Phi) is 11.0. The number of nitrogens with zero attached hydrogens (tertiary/aromatic N) is 4. The normalized spacial score (nSPS) is 11.7. The fourth-order valence-corrected chi connectivity index (χ4v) is 8.80. The summed E-state index contributed by atoms with van der Waals surface area (Å²) in [5.41, 5.74) is 11.4. The zero-order chi connectivity index (χ0) is 35.9. The van der Waals surface area contributed by atoms with Crippen LogP contribution in [0.2, 0.25) is 17.3 Å². The molecule has 4 aromatic heterocycles. The monoisotopic (exact) mass is 923 g/mol. The van der Waals surface area contributed by atoms with Gasteiger partial charge in [0.15, 0.2) is 0 Å². The Balaban J connectivity index is 0.000000176. The number of hydrogen-bond donors (Lipinski definition) is 0. The Bertz CT molecular complexity index is 2450. The molecule has 8 rings (SSSR count). The van der Waals surface area contributed by atoms with Gasteiger partial charge >= 0.3 is 144 Å². The summed E-state index contributed by atoms with van der Waals surface area (Å²) in [6, 6.07) is 42.2. The van der Waals surface area contributed by atoms with Gasteiger partial charge in [0, 0.05) is 25.8 Å². The molecule has 1 radical (unpaired) electrons. The molecule has 5 nitrogen and oxygen atoms in total. The van der Waals surface area contributed by atoms with Crippen LogP contribution in [0.4, 0.5) is 0 Å². The molecule has 0 unspecified atom stereocenters. The van der Waals surface area contributed by atoms with Crippen molar-refractivity contribution < 1.29 is 24.5 Å². The van der Waals surface area contributed by atoms with Crippen LogP contribution in [-0.2, 0) is 20.1 Å². The molecule has 0 N–H and O–H groups in total. The second-order valence-electron chi connectivity index (χ2n) is 14.8. The van der Waals surface area contributed by atoms with Gasteiger partial charge in [0.1, 0.15) is 0 Å². The maximum Gasteiger partial charge on any atom is 0 e. The first kappa shape index (κ1) is 37.4. The van der Waals surface area contributed by atoms with Crippen molar-refractivity contribution in [2.75, 3.05) is 0 Å². The second-order valence-corrected chi connectivity index (χ2v) is 25.5. The predicted octanol–water partition coefficient (Wildman–Crippen LogP) is 11.4. The van der Waals surface area contributed by atoms with Crippen molar-refractivity contribution in [2.24, 2.45) is 0 Å². The van der Waals surface area contributed by atoms with E-state index in [0.29, 0.717) is 17.5 Å². The molecule has 4 heterocycles. The zero-order valence-corrected chi connectivity index (χ0v) is 35.6. The van der Waals surface area contributed by atoms with E-state index in [0.717, 1.165) is 55.7 Å². The molecule has 0 atom stereocenters. The van der Waals surface area contributed by atoms with Gasteiger partial charge in [0.25, 0.3) is 0 Å². The van der Waals surface area contributed by atoms with E-state index < -0.39 is 13.3 Å². The summed E-state index contributed by atoms with van der Waals surface area (Å²) in [6.45, 7) is 11.0. The molecule has 0 bridgehead atoms. The van der Waals surface area contributed by atoms with Crippen molar-refractivity contribution in [2.45, 2.75) is 63.7 Å². The van der Waals surface area contributed by atoms with Gasteiger partial charge in [-0.25, -0.2) is 0 Å². The van der Waals surface area contributed by atoms with Crippen molar-refractivity contribution in [1.82, 2.24) is 19.5 Å². The molecule has 265 valence electrons. The van der Waals surface area contributed by atoms with Gasteiger partial charge in [-0.1, -0.05) is 58.0 Å². The van der Waals surface area contributed by atoms with Gasteiger partial charge in [-0.15, -0.1) is 35.9 Å². The Morgan fingerprint density at radius 3 is 2.10 bits per heavy atom. The van der Waals surface area contributed by atoms with E-state index in [-0.39, 0.29) is 20.1 Å². The van der Waals surface area contributed by atoms with Gasteiger partial charge < -0.3 is 4.57 Å². The molecular weight excluding hydrogens is 877 g/mol. The average molecular weight is 922 g/mol. The number of rotatable bonds is 6. The van der Waals surface area contributed by atoms with Crippen LogP contribution in [0.25, 0.3) is 61.4 Å². The number of aryl methyl sites for hydroxylation is 1. The van der Waals surface area contributed by atoms with Gasteiger partial charge in [-0.2, -0.15) is 0 Å². The third-order valence-electron chi connectivity index (χ3n) is 9.40. The molecule has 7 heteroatoms. The molecule has 0 aliphatic carbocycles. The van der Waals surface area contributed by atoms with E-state index in [4.69, 9.17) is 9.40 Å². The third-order valence-corrected chi connectivity index (χ3v) is 13.7. The minimum Gasteiger partial charge on any atom is 0 e. The number of hydrogen-bond acceptors (Lipinski definition) is 4. The number of para-hydroxylation sites is 3. The Hall–Kier alpha value is -4.36. The second kappa shape index (κ2) is 15.3. The molecule has 0 aliphatic rings. The molecule has 0 saturated heterocycles. The van der Waals surface area contributed by atoms with E-state index in [1.165, 1.54) is 21.2 Å². The number of aromatic nitrogens is 4. The Morgan fingerprint density at radius 1 is 0.712 bits per heavy atom. The minimum absolute atomic E-state index is 0. The van der Waals surface area contributed by atoms with Crippen LogP contribution < -0.4 is 4.40 Å². The van der Waals surface area contributed by atoms with Crippen LogP contribution in [-0.4, -0.2) is 32.8 Å². The van der Waals surface area contributed by atoms with Crippen molar-refractivity contribution in [1.29, 1.82) is 0 Å². The van der Waals surface area contributed by atoms with E-state index in [1.54, 1.807) is 0 Å². The van der Waals surface area contributed by atoms with Crippen LogP contribution in [0.5, 0.6) is 0 Å². The topological polar surface area (TPSA) is 56.7 Å². The summed E-state index contributed by atoms with van der Waals surface area (Å²) in [5.74, 6) is 8.91. The Morgan fingerprint density at radius 2 is 1.44 bits per heavy atom. The molecule has 0 fully saturated rings. The largest absolute Gasteiger partial charge is 0 e. The molecule has 0 aliphatic heterocycles. The maximum atomic E-state index is 6.05. The number of benzene rings is 4. The van der Waals surface area contributed by atoms with Gasteiger partial charge in [0.05, 0.1) is 16.9 Å². The summed E-state index contributed by atoms with van der Waals surface area (Å²) in [4.78, 5) is 14.2. The first-order chi connectivity index (χ1) is 24.5. The zero-order valence-electron chi connectivity index (χ0n) is 31.1. The van der Waals surface area contributed by atoms with Crippen molar-refractivity contribution in [3.05, 3.63) is 138 Å². The number of fused-ring (bicyclic) bond motifs is 4. The van der Waals surface area contributed by atoms with Crippen LogP contribution in [0.15, 0.2) is 114 Å². The minimum atomic E-state index is -1.85. The van der Waals surface area contributed by atoms with E-state index in [9.17, 15) is 0 Å². The molecule has 8 aromatic rings. The van der Waals surface area contributed by atoms with Crippen LogP contribution in [0.3, 0.4) is 0 Å². The van der Waals surface area contributed by atoms with Crippen LogP contribution in [0, 0.1) is 19.1 Å². The quantitative estimate of drug-likeness (QED) is 0.123. The maximum absolute atomic E-state index is 6.05. The summed E-state index contributed by atoms with van der Waals surface area (Å²) in [7, 11) is 0. The van der Waals surface area contributed by atoms with Crippen LogP contribution in [0.1, 0.15) is 56.4 Å². The third kappa shape index (κ3) is 7.30. The van der Waals surface area contributed by atoms with Crippen molar-refractivity contribution in [3.8, 4) is 28.3 Å². The number of pyridine rings is 2. The smallest absolute Gasteiger partial charge is 0 e. The number of furan rings is 1. The summed E-state index contributed by atoms with van der Waals surface area (Å²) in [5, 5.41) is 2.10. The van der Waals surface area contributed by atoms with E-state index in [2.05, 4.69) is 138 Å². The first-order valence-corrected chi connectivity index (χ1v) is 25.1. The predicted molar refractivity (Wildman–Crippen MR) is 215 cm³/mol. The van der Waals surface area contributed by atoms with E-state index >= 15 is 0 Å². The van der Waals surface area contributed by atoms with Gasteiger partial charge in [-0.3, -0.25) is 4.98 Å². The molecule has 4 aromatic carbocycles. The molecule has 0 saturated carbocycles. The molecule has 0 amide bonds. The number of imidazole rings is 1. The van der Waals surface area contributed by atoms with E-state index in [1.807, 2.05) is 49.5 Å². The fraction of sp³-hybridized carbons (Fsp3) is 0.222. The van der Waals surface area contributed by atoms with Crippen molar-refractivity contribution >= 4 is 50.8 Å². The summed E-state index contributed by atoms with van der Waals surface area (Å²) < 4.78 is 9.78. The summed E-state index contributed by atoms with van der Waals surface area (Å²) in [6.07, 6.45) is 2.02. The molecule has 0 spiro atoms. The first-order valence-electron chi connectivity index (χ1n) is 17.8. The Labute approximate surface area is 323 Å². The van der Waals surface area contributed by atoms with Crippen molar-refractivity contribution in [3.63, 3.8) is 0 Å². The summed E-state index contributed by atoms with van der Waals surface area (Å²) >= 11 is -1.85. The standard InChI is InChI=1S/C25H25N2.C20H19GeN2O.Ir/c1-17(2)20-13-10-14-21(18(3)4)24(20)27-23-16-9-8-15-22(23)26-25(27)19-11-6-5-7-12-19;1-13-8-10-16-15-6-5-7-17(19(15)24-20(16)23-13)18-11-9-14(12-22-18)21(2,3)4;/h5-11,13-18H,1-4H3;5-6,8-12H,1-4H3;/q2*-1;. The average Bonchev–Trinajstić information content (AvgIpc) is 3.70. The van der Waals surface area contributed by atoms with Gasteiger partial charge in [0.2, 0.25) is 0 Å². The fourth-order valence-electron chi connectivity index (χ4n) is 6.63. The van der Waals surface area contributed by atoms with Crippen LogP contribution >= 0.6 is 0 Å². The molecule has 52 heavy (non-hydrogen) atoms.